The van der Waals surface area contributed by atoms with Crippen LogP contribution in [-0.2, 0) is 0 Å². The Balaban J connectivity index is 2.27. The summed E-state index contributed by atoms with van der Waals surface area (Å²) in [5.41, 5.74) is 0.587. The van der Waals surface area contributed by atoms with E-state index in [1.807, 2.05) is 0 Å². The zero-order chi connectivity index (χ0) is 13.8. The number of halogens is 1. The van der Waals surface area contributed by atoms with Crippen LogP contribution in [0.3, 0.4) is 0 Å². The number of hydrogen-bond donors (Lipinski definition) is 0. The van der Waals surface area contributed by atoms with Gasteiger partial charge in [0.1, 0.15) is 5.82 Å². The van der Waals surface area contributed by atoms with Crippen molar-refractivity contribution in [1.82, 2.24) is 0 Å². The summed E-state index contributed by atoms with van der Waals surface area (Å²) in [6.07, 6.45) is 1.22. The molecular formula is C13H9FN2O3. The highest BCUT2D eigenvalue weighted by Gasteiger charge is 2.06. The smallest absolute Gasteiger partial charge is 0.269 e. The Bertz CT molecular complexity index is 639. The van der Waals surface area contributed by atoms with Gasteiger partial charge in [-0.15, -0.1) is 0 Å². The van der Waals surface area contributed by atoms with E-state index in [-0.39, 0.29) is 11.4 Å². The molecule has 0 aromatic heterocycles. The molecule has 0 saturated carbocycles. The van der Waals surface area contributed by atoms with Gasteiger partial charge in [-0.05, 0) is 18.2 Å². The zero-order valence-corrected chi connectivity index (χ0v) is 9.69. The SMILES string of the molecule is O=[N+]([O-])c1ccc(/C=[N+](\[O-])c2cccc(F)c2)cc1. The molecule has 0 aliphatic carbocycles. The lowest BCUT2D eigenvalue weighted by molar-refractivity contribution is -0.384. The molecule has 0 amide bonds. The van der Waals surface area contributed by atoms with E-state index >= 15 is 0 Å². The molecule has 0 unspecified atom stereocenters. The Kier molecular flexibility index (Phi) is 3.51. The van der Waals surface area contributed by atoms with E-state index in [0.717, 1.165) is 6.07 Å². The average molecular weight is 260 g/mol. The first kappa shape index (κ1) is 12.7. The van der Waals surface area contributed by atoms with Gasteiger partial charge in [0.2, 0.25) is 5.69 Å². The molecular weight excluding hydrogens is 251 g/mol. The maximum atomic E-state index is 13.0. The molecule has 2 aromatic carbocycles. The molecule has 5 nitrogen and oxygen atoms in total. The highest BCUT2D eigenvalue weighted by molar-refractivity contribution is 5.77. The van der Waals surface area contributed by atoms with Gasteiger partial charge in [-0.3, -0.25) is 10.1 Å². The number of nitro benzene ring substituents is 1. The predicted octanol–water partition coefficient (Wildman–Crippen LogP) is 2.99. The first-order valence-electron chi connectivity index (χ1n) is 5.37. The second-order valence-electron chi connectivity index (χ2n) is 3.78. The lowest BCUT2D eigenvalue weighted by Gasteiger charge is -2.02. The van der Waals surface area contributed by atoms with Crippen LogP contribution in [0.25, 0.3) is 0 Å². The molecule has 96 valence electrons. The maximum absolute atomic E-state index is 13.0. The van der Waals surface area contributed by atoms with E-state index in [1.54, 1.807) is 0 Å². The summed E-state index contributed by atoms with van der Waals surface area (Å²) >= 11 is 0. The molecule has 0 N–H and O–H groups in total. The van der Waals surface area contributed by atoms with Crippen LogP contribution in [0.1, 0.15) is 5.56 Å². The molecule has 0 bridgehead atoms. The second kappa shape index (κ2) is 5.26. The molecule has 2 aromatic rings. The summed E-state index contributed by atoms with van der Waals surface area (Å²) in [5.74, 6) is -0.504. The van der Waals surface area contributed by atoms with Crippen molar-refractivity contribution < 1.29 is 14.1 Å². The van der Waals surface area contributed by atoms with Gasteiger partial charge in [-0.25, -0.2) is 4.39 Å². The summed E-state index contributed by atoms with van der Waals surface area (Å²) in [6.45, 7) is 0. The quantitative estimate of drug-likeness (QED) is 0.280. The summed E-state index contributed by atoms with van der Waals surface area (Å²) in [4.78, 5) is 9.95. The molecule has 0 spiro atoms. The van der Waals surface area contributed by atoms with Gasteiger partial charge in [0.25, 0.3) is 5.69 Å². The van der Waals surface area contributed by atoms with Gasteiger partial charge >= 0.3 is 0 Å². The maximum Gasteiger partial charge on any atom is 0.269 e. The first-order valence-corrected chi connectivity index (χ1v) is 5.37. The summed E-state index contributed by atoms with van der Waals surface area (Å²) in [5, 5.41) is 22.2. The van der Waals surface area contributed by atoms with Crippen molar-refractivity contribution in [3.8, 4) is 0 Å². The fraction of sp³-hybridized carbons (Fsp3) is 0. The van der Waals surface area contributed by atoms with E-state index in [4.69, 9.17) is 0 Å². The van der Waals surface area contributed by atoms with Crippen molar-refractivity contribution in [2.45, 2.75) is 0 Å². The van der Waals surface area contributed by atoms with Crippen molar-refractivity contribution in [3.63, 3.8) is 0 Å². The van der Waals surface area contributed by atoms with Crippen LogP contribution >= 0.6 is 0 Å². The third kappa shape index (κ3) is 3.12. The Morgan fingerprint density at radius 1 is 1.00 bits per heavy atom. The van der Waals surface area contributed by atoms with Crippen LogP contribution in [0.2, 0.25) is 0 Å². The van der Waals surface area contributed by atoms with Crippen LogP contribution in [-0.4, -0.2) is 15.9 Å². The molecule has 0 fully saturated rings. The topological polar surface area (TPSA) is 69.2 Å². The molecule has 2 rings (SSSR count). The van der Waals surface area contributed by atoms with Crippen molar-refractivity contribution in [2.24, 2.45) is 0 Å². The Morgan fingerprint density at radius 3 is 2.26 bits per heavy atom. The van der Waals surface area contributed by atoms with Gasteiger partial charge in [0.15, 0.2) is 6.21 Å². The lowest BCUT2D eigenvalue weighted by atomic mass is 10.2. The second-order valence-corrected chi connectivity index (χ2v) is 3.78. The number of benzene rings is 2. The van der Waals surface area contributed by atoms with Crippen molar-refractivity contribution >= 4 is 17.6 Å². The van der Waals surface area contributed by atoms with E-state index in [0.29, 0.717) is 10.3 Å². The number of rotatable bonds is 3. The van der Waals surface area contributed by atoms with Crippen molar-refractivity contribution in [1.29, 1.82) is 0 Å². The summed E-state index contributed by atoms with van der Waals surface area (Å²) in [6, 6.07) is 10.7. The highest BCUT2D eigenvalue weighted by Crippen LogP contribution is 2.14. The van der Waals surface area contributed by atoms with E-state index in [2.05, 4.69) is 0 Å². The molecule has 0 atom stereocenters. The summed E-state index contributed by atoms with van der Waals surface area (Å²) < 4.78 is 13.5. The standard InChI is InChI=1S/C13H9FN2O3/c14-11-2-1-3-13(8-11)15(17)9-10-4-6-12(7-5-10)16(18)19/h1-9H/b15-9-. The fourth-order valence-corrected chi connectivity index (χ4v) is 1.51. The number of hydrogen-bond acceptors (Lipinski definition) is 3. The largest absolute Gasteiger partial charge is 0.618 e. The molecule has 6 heteroatoms. The molecule has 0 heterocycles. The van der Waals surface area contributed by atoms with E-state index < -0.39 is 10.7 Å². The molecule has 0 saturated heterocycles. The molecule has 0 radical (unpaired) electrons. The Hall–Kier alpha value is -2.76. The lowest BCUT2D eigenvalue weighted by Crippen LogP contribution is -1.99. The fourth-order valence-electron chi connectivity index (χ4n) is 1.51. The summed E-state index contributed by atoms with van der Waals surface area (Å²) in [7, 11) is 0. The Labute approximate surface area is 108 Å². The molecule has 19 heavy (non-hydrogen) atoms. The van der Waals surface area contributed by atoms with Crippen LogP contribution in [0.4, 0.5) is 15.8 Å². The van der Waals surface area contributed by atoms with Gasteiger partial charge in [-0.1, -0.05) is 6.07 Å². The predicted molar refractivity (Wildman–Crippen MR) is 67.9 cm³/mol. The van der Waals surface area contributed by atoms with Crippen LogP contribution in [0, 0.1) is 21.1 Å². The number of nitrogens with zero attached hydrogens (tertiary/aromatic N) is 2. The average Bonchev–Trinajstić information content (AvgIpc) is 2.39. The van der Waals surface area contributed by atoms with Gasteiger partial charge in [-0.2, -0.15) is 4.74 Å². The minimum Gasteiger partial charge on any atom is -0.618 e. The third-order valence-corrected chi connectivity index (χ3v) is 2.43. The van der Waals surface area contributed by atoms with E-state index in [1.165, 1.54) is 48.7 Å². The minimum absolute atomic E-state index is 0.0552. The van der Waals surface area contributed by atoms with Gasteiger partial charge in [0.05, 0.1) is 4.92 Å². The first-order chi connectivity index (χ1) is 9.06. The van der Waals surface area contributed by atoms with Gasteiger partial charge in [0, 0.05) is 29.8 Å². The molecule has 0 aliphatic rings. The van der Waals surface area contributed by atoms with E-state index in [9.17, 15) is 19.7 Å². The van der Waals surface area contributed by atoms with Crippen LogP contribution in [0.15, 0.2) is 48.5 Å². The Morgan fingerprint density at radius 2 is 1.68 bits per heavy atom. The normalized spacial score (nSPS) is 11.3. The number of non-ortho nitro benzene ring substituents is 1. The zero-order valence-electron chi connectivity index (χ0n) is 9.69. The third-order valence-electron chi connectivity index (χ3n) is 2.43. The number of nitro groups is 1. The minimum atomic E-state index is -0.523. The van der Waals surface area contributed by atoms with Crippen LogP contribution in [0.5, 0.6) is 0 Å². The van der Waals surface area contributed by atoms with Crippen LogP contribution < -0.4 is 0 Å². The monoisotopic (exact) mass is 260 g/mol. The molecule has 0 aliphatic heterocycles. The van der Waals surface area contributed by atoms with Crippen molar-refractivity contribution in [3.05, 3.63) is 75.2 Å². The van der Waals surface area contributed by atoms with Gasteiger partial charge < -0.3 is 5.21 Å². The highest BCUT2D eigenvalue weighted by atomic mass is 19.1. The van der Waals surface area contributed by atoms with Crippen molar-refractivity contribution in [2.75, 3.05) is 0 Å².